The van der Waals surface area contributed by atoms with Gasteiger partial charge in [0, 0.05) is 11.1 Å². The molecule has 0 spiro atoms. The summed E-state index contributed by atoms with van der Waals surface area (Å²) in [7, 11) is 0. The van der Waals surface area contributed by atoms with E-state index in [0.717, 1.165) is 5.69 Å². The molecule has 2 rings (SSSR count). The summed E-state index contributed by atoms with van der Waals surface area (Å²) >= 11 is 5.92. The maximum atomic E-state index is 10.6. The third-order valence-electron chi connectivity index (χ3n) is 2.87. The quantitative estimate of drug-likeness (QED) is 0.807. The van der Waals surface area contributed by atoms with Crippen LogP contribution in [0.2, 0.25) is 5.02 Å². The van der Waals surface area contributed by atoms with Crippen molar-refractivity contribution < 1.29 is 4.79 Å². The molecule has 0 aliphatic carbocycles. The number of hydrogen-bond donors (Lipinski definition) is 2. The zero-order chi connectivity index (χ0) is 13.7. The van der Waals surface area contributed by atoms with Gasteiger partial charge in [-0.05, 0) is 30.7 Å². The van der Waals surface area contributed by atoms with Crippen LogP contribution in [0.1, 0.15) is 18.5 Å². The van der Waals surface area contributed by atoms with Crippen molar-refractivity contribution in [1.82, 2.24) is 0 Å². The molecule has 1 amide bonds. The normalized spacial score (nSPS) is 11.7. The van der Waals surface area contributed by atoms with Crippen LogP contribution in [0, 0.1) is 0 Å². The number of nitrogens with one attached hydrogen (secondary N) is 2. The maximum Gasteiger partial charge on any atom is 0.211 e. The maximum absolute atomic E-state index is 10.6. The fourth-order valence-electron chi connectivity index (χ4n) is 1.88. The molecule has 0 aliphatic rings. The Kier molecular flexibility index (Phi) is 4.42. The molecule has 1 atom stereocenters. The van der Waals surface area contributed by atoms with Gasteiger partial charge in [-0.15, -0.1) is 0 Å². The Balaban J connectivity index is 2.21. The summed E-state index contributed by atoms with van der Waals surface area (Å²) in [6, 6.07) is 15.6. The Hall–Kier alpha value is -2.00. The van der Waals surface area contributed by atoms with Gasteiger partial charge in [0.2, 0.25) is 6.41 Å². The zero-order valence-corrected chi connectivity index (χ0v) is 11.3. The van der Waals surface area contributed by atoms with Crippen LogP contribution in [-0.2, 0) is 4.79 Å². The second-order valence-corrected chi connectivity index (χ2v) is 4.67. The van der Waals surface area contributed by atoms with Gasteiger partial charge in [-0.25, -0.2) is 0 Å². The zero-order valence-electron chi connectivity index (χ0n) is 10.6. The van der Waals surface area contributed by atoms with E-state index >= 15 is 0 Å². The van der Waals surface area contributed by atoms with Crippen LogP contribution in [0.5, 0.6) is 0 Å². The van der Waals surface area contributed by atoms with E-state index < -0.39 is 0 Å². The van der Waals surface area contributed by atoms with Gasteiger partial charge in [-0.1, -0.05) is 41.9 Å². The van der Waals surface area contributed by atoms with Crippen LogP contribution in [0.15, 0.2) is 48.5 Å². The predicted octanol–water partition coefficient (Wildman–Crippen LogP) is 4.08. The lowest BCUT2D eigenvalue weighted by Gasteiger charge is -2.18. The molecular formula is C15H15ClN2O. The summed E-state index contributed by atoms with van der Waals surface area (Å²) in [5, 5.41) is 6.59. The van der Waals surface area contributed by atoms with Gasteiger partial charge in [0.05, 0.1) is 11.4 Å². The Labute approximate surface area is 117 Å². The SMILES string of the molecule is CC(Nc1ccc(Cl)cc1NC=O)c1ccccc1. The second kappa shape index (κ2) is 6.25. The minimum atomic E-state index is 0.134. The molecule has 0 bridgehead atoms. The van der Waals surface area contributed by atoms with Crippen molar-refractivity contribution in [1.29, 1.82) is 0 Å². The average Bonchev–Trinajstić information content (AvgIpc) is 2.43. The Morgan fingerprint density at radius 3 is 2.53 bits per heavy atom. The smallest absolute Gasteiger partial charge is 0.211 e. The Morgan fingerprint density at radius 1 is 1.11 bits per heavy atom. The van der Waals surface area contributed by atoms with Crippen molar-refractivity contribution in [3.63, 3.8) is 0 Å². The minimum absolute atomic E-state index is 0.134. The number of anilines is 2. The van der Waals surface area contributed by atoms with Crippen LogP contribution in [0.4, 0.5) is 11.4 Å². The molecule has 0 radical (unpaired) electrons. The first-order valence-corrected chi connectivity index (χ1v) is 6.39. The molecule has 3 nitrogen and oxygen atoms in total. The van der Waals surface area contributed by atoms with Crippen molar-refractivity contribution >= 4 is 29.4 Å². The van der Waals surface area contributed by atoms with Gasteiger partial charge in [0.1, 0.15) is 0 Å². The van der Waals surface area contributed by atoms with E-state index in [1.54, 1.807) is 12.1 Å². The van der Waals surface area contributed by atoms with Crippen molar-refractivity contribution in [2.75, 3.05) is 10.6 Å². The monoisotopic (exact) mass is 274 g/mol. The number of halogens is 1. The lowest BCUT2D eigenvalue weighted by Crippen LogP contribution is -2.08. The standard InChI is InChI=1S/C15H15ClN2O/c1-11(12-5-3-2-4-6-12)18-14-8-7-13(16)9-15(14)17-10-19/h2-11,18H,1H3,(H,17,19). The summed E-state index contributed by atoms with van der Waals surface area (Å²) in [5.74, 6) is 0. The van der Waals surface area contributed by atoms with E-state index in [-0.39, 0.29) is 6.04 Å². The first-order valence-electron chi connectivity index (χ1n) is 6.02. The molecule has 0 aliphatic heterocycles. The molecule has 0 fully saturated rings. The van der Waals surface area contributed by atoms with E-state index in [9.17, 15) is 4.79 Å². The van der Waals surface area contributed by atoms with Crippen molar-refractivity contribution in [3.05, 3.63) is 59.1 Å². The van der Waals surface area contributed by atoms with Gasteiger partial charge in [-0.3, -0.25) is 4.79 Å². The van der Waals surface area contributed by atoms with Crippen molar-refractivity contribution in [2.45, 2.75) is 13.0 Å². The number of amides is 1. The summed E-state index contributed by atoms with van der Waals surface area (Å²) < 4.78 is 0. The number of rotatable bonds is 5. The highest BCUT2D eigenvalue weighted by atomic mass is 35.5. The number of benzene rings is 2. The molecule has 0 saturated heterocycles. The number of carbonyl (C=O) groups excluding carboxylic acids is 1. The second-order valence-electron chi connectivity index (χ2n) is 4.23. The number of hydrogen-bond acceptors (Lipinski definition) is 2. The van der Waals surface area contributed by atoms with Gasteiger partial charge in [-0.2, -0.15) is 0 Å². The lowest BCUT2D eigenvalue weighted by atomic mass is 10.1. The van der Waals surface area contributed by atoms with Crippen LogP contribution in [0.25, 0.3) is 0 Å². The van der Waals surface area contributed by atoms with E-state index in [1.165, 1.54) is 5.56 Å². The van der Waals surface area contributed by atoms with E-state index in [2.05, 4.69) is 29.7 Å². The summed E-state index contributed by atoms with van der Waals surface area (Å²) in [5.41, 5.74) is 2.69. The molecule has 0 aromatic heterocycles. The summed E-state index contributed by atoms with van der Waals surface area (Å²) in [6.07, 6.45) is 0.643. The van der Waals surface area contributed by atoms with Crippen LogP contribution < -0.4 is 10.6 Å². The number of carbonyl (C=O) groups is 1. The van der Waals surface area contributed by atoms with Gasteiger partial charge < -0.3 is 10.6 Å². The highest BCUT2D eigenvalue weighted by Crippen LogP contribution is 2.28. The fourth-order valence-corrected chi connectivity index (χ4v) is 2.06. The molecule has 19 heavy (non-hydrogen) atoms. The van der Waals surface area contributed by atoms with Gasteiger partial charge >= 0.3 is 0 Å². The molecular weight excluding hydrogens is 260 g/mol. The minimum Gasteiger partial charge on any atom is -0.377 e. The average molecular weight is 275 g/mol. The molecule has 2 aromatic rings. The van der Waals surface area contributed by atoms with Crippen molar-refractivity contribution in [2.24, 2.45) is 0 Å². The largest absolute Gasteiger partial charge is 0.377 e. The van der Waals surface area contributed by atoms with E-state index in [0.29, 0.717) is 17.1 Å². The van der Waals surface area contributed by atoms with Crippen LogP contribution in [-0.4, -0.2) is 6.41 Å². The fraction of sp³-hybridized carbons (Fsp3) is 0.133. The first-order chi connectivity index (χ1) is 9.20. The van der Waals surface area contributed by atoms with Gasteiger partial charge in [0.15, 0.2) is 0 Å². The van der Waals surface area contributed by atoms with E-state index in [1.807, 2.05) is 24.3 Å². The summed E-state index contributed by atoms with van der Waals surface area (Å²) in [6.45, 7) is 2.06. The van der Waals surface area contributed by atoms with Crippen LogP contribution >= 0.6 is 11.6 Å². The summed E-state index contributed by atoms with van der Waals surface area (Å²) in [4.78, 5) is 10.6. The third-order valence-corrected chi connectivity index (χ3v) is 3.10. The topological polar surface area (TPSA) is 41.1 Å². The molecule has 0 heterocycles. The van der Waals surface area contributed by atoms with Crippen molar-refractivity contribution in [3.8, 4) is 0 Å². The molecule has 0 saturated carbocycles. The third kappa shape index (κ3) is 3.48. The highest BCUT2D eigenvalue weighted by Gasteiger charge is 2.08. The predicted molar refractivity (Wildman–Crippen MR) is 79.6 cm³/mol. The molecule has 1 unspecified atom stereocenters. The molecule has 2 N–H and O–H groups in total. The molecule has 98 valence electrons. The Morgan fingerprint density at radius 2 is 1.84 bits per heavy atom. The van der Waals surface area contributed by atoms with Crippen LogP contribution in [0.3, 0.4) is 0 Å². The molecule has 2 aromatic carbocycles. The molecule has 4 heteroatoms. The van der Waals surface area contributed by atoms with E-state index in [4.69, 9.17) is 11.6 Å². The lowest BCUT2D eigenvalue weighted by molar-refractivity contribution is -0.105. The first kappa shape index (κ1) is 13.4. The highest BCUT2D eigenvalue weighted by molar-refractivity contribution is 6.31. The van der Waals surface area contributed by atoms with Gasteiger partial charge in [0.25, 0.3) is 0 Å². The Bertz CT molecular complexity index is 557.